The van der Waals surface area contributed by atoms with Gasteiger partial charge in [-0.2, -0.15) is 0 Å². The van der Waals surface area contributed by atoms with Gasteiger partial charge in [0.25, 0.3) is 0 Å². The van der Waals surface area contributed by atoms with Crippen molar-refractivity contribution in [1.29, 1.82) is 0 Å². The lowest BCUT2D eigenvalue weighted by molar-refractivity contribution is 0.0700. The van der Waals surface area contributed by atoms with E-state index in [1.54, 1.807) is 17.0 Å². The van der Waals surface area contributed by atoms with Crippen LogP contribution in [0, 0.1) is 46.8 Å². The molecule has 2 heterocycles. The van der Waals surface area contributed by atoms with Gasteiger partial charge in [-0.25, -0.2) is 0 Å². The number of hydrogen-bond donors (Lipinski definition) is 0. The van der Waals surface area contributed by atoms with Crippen LogP contribution in [0.25, 0.3) is 22.7 Å². The molecule has 45 heavy (non-hydrogen) atoms. The first-order valence-corrected chi connectivity index (χ1v) is 18.1. The second-order valence-corrected chi connectivity index (χ2v) is 15.8. The van der Waals surface area contributed by atoms with Crippen molar-refractivity contribution < 1.29 is 0 Å². The molecule has 8 unspecified atom stereocenters. The number of aromatic nitrogens is 1. The number of para-hydroxylation sites is 2. The molecule has 0 amide bonds. The predicted molar refractivity (Wildman–Crippen MR) is 186 cm³/mol. The fourth-order valence-corrected chi connectivity index (χ4v) is 11.9. The third-order valence-corrected chi connectivity index (χ3v) is 13.5. The average molecular weight is 591 g/mol. The lowest BCUT2D eigenvalue weighted by Crippen LogP contribution is -2.45. The van der Waals surface area contributed by atoms with Crippen LogP contribution in [0.2, 0.25) is 0 Å². The summed E-state index contributed by atoms with van der Waals surface area (Å²) in [6, 6.07) is 20.5. The third-order valence-electron chi connectivity index (χ3n) is 13.5. The largest absolute Gasteiger partial charge is 0.342 e. The summed E-state index contributed by atoms with van der Waals surface area (Å²) in [7, 11) is 0. The minimum Gasteiger partial charge on any atom is -0.342 e. The normalized spacial score (nSPS) is 35.4. The standard InChI is InChI=1S/C43H46N2/c1-43(2)36-17-9-6-14-29(36)32-22-21-31-33(42(32)43)23-25-40-41(31)34-16-8-11-19-38(34)45(40)28-20-24-39-35(26-28)30-15-7-10-18-37(30)44(39)27-12-4-3-5-13-27/h3-5,7,10,12-15,18-19,21-23,25-26,31-34,36,40-42H,6,8-9,11,16-17,20,24H2,1-2H3. The number of allylic oxidation sites excluding steroid dienone is 8. The van der Waals surface area contributed by atoms with Crippen LogP contribution >= 0.6 is 0 Å². The van der Waals surface area contributed by atoms with E-state index in [1.807, 2.05) is 0 Å². The van der Waals surface area contributed by atoms with E-state index in [2.05, 4.69) is 120 Å². The summed E-state index contributed by atoms with van der Waals surface area (Å²) in [4.78, 5) is 2.86. The van der Waals surface area contributed by atoms with E-state index < -0.39 is 0 Å². The van der Waals surface area contributed by atoms with Crippen molar-refractivity contribution in [1.82, 2.24) is 9.47 Å². The maximum absolute atomic E-state index is 2.86. The maximum atomic E-state index is 2.86. The Kier molecular flexibility index (Phi) is 5.77. The molecule has 10 rings (SSSR count). The minimum absolute atomic E-state index is 0.376. The van der Waals surface area contributed by atoms with Gasteiger partial charge in [-0.15, -0.1) is 0 Å². The van der Waals surface area contributed by atoms with Crippen LogP contribution in [-0.4, -0.2) is 15.5 Å². The summed E-state index contributed by atoms with van der Waals surface area (Å²) in [6.45, 7) is 5.25. The Morgan fingerprint density at radius 1 is 0.778 bits per heavy atom. The highest BCUT2D eigenvalue weighted by Crippen LogP contribution is 2.66. The number of likely N-dealkylation sites (tertiary alicyclic amines) is 1. The summed E-state index contributed by atoms with van der Waals surface area (Å²) >= 11 is 0. The lowest BCUT2D eigenvalue weighted by atomic mass is 9.56. The van der Waals surface area contributed by atoms with Gasteiger partial charge in [-0.1, -0.05) is 92.3 Å². The predicted octanol–water partition coefficient (Wildman–Crippen LogP) is 10.3. The Morgan fingerprint density at radius 3 is 2.49 bits per heavy atom. The van der Waals surface area contributed by atoms with Gasteiger partial charge in [0, 0.05) is 45.6 Å². The quantitative estimate of drug-likeness (QED) is 0.270. The third kappa shape index (κ3) is 3.63. The van der Waals surface area contributed by atoms with Crippen molar-refractivity contribution in [2.75, 3.05) is 0 Å². The first-order chi connectivity index (χ1) is 22.1. The number of fused-ring (bicyclic) bond motifs is 12. The van der Waals surface area contributed by atoms with E-state index in [0.29, 0.717) is 41.0 Å². The molecule has 1 aromatic heterocycles. The van der Waals surface area contributed by atoms with Crippen LogP contribution in [-0.2, 0) is 6.42 Å². The van der Waals surface area contributed by atoms with E-state index in [4.69, 9.17) is 0 Å². The summed E-state index contributed by atoms with van der Waals surface area (Å²) in [5.74, 6) is 4.86. The number of nitrogens with zero attached hydrogens (tertiary/aromatic N) is 2. The van der Waals surface area contributed by atoms with Gasteiger partial charge in [0.15, 0.2) is 0 Å². The molecule has 2 heteroatoms. The van der Waals surface area contributed by atoms with E-state index in [-0.39, 0.29) is 0 Å². The second-order valence-electron chi connectivity index (χ2n) is 15.8. The molecule has 2 nitrogen and oxygen atoms in total. The molecule has 2 fully saturated rings. The average Bonchev–Trinajstić information content (AvgIpc) is 3.68. The van der Waals surface area contributed by atoms with Crippen molar-refractivity contribution in [3.05, 3.63) is 119 Å². The lowest BCUT2D eigenvalue weighted by Gasteiger charge is -2.48. The Morgan fingerprint density at radius 2 is 1.58 bits per heavy atom. The van der Waals surface area contributed by atoms with Gasteiger partial charge in [0.05, 0.1) is 11.6 Å². The van der Waals surface area contributed by atoms with Gasteiger partial charge in [-0.3, -0.25) is 0 Å². The molecule has 8 atom stereocenters. The molecule has 228 valence electrons. The van der Waals surface area contributed by atoms with Gasteiger partial charge in [0.2, 0.25) is 0 Å². The van der Waals surface area contributed by atoms with E-state index in [1.165, 1.54) is 66.4 Å². The molecule has 3 aromatic rings. The number of benzene rings is 2. The summed E-state index contributed by atoms with van der Waals surface area (Å²) in [5.41, 5.74) is 10.9. The number of hydrogen-bond acceptors (Lipinski definition) is 1. The zero-order valence-corrected chi connectivity index (χ0v) is 26.9. The smallest absolute Gasteiger partial charge is 0.0556 e. The van der Waals surface area contributed by atoms with Crippen LogP contribution in [0.15, 0.2) is 108 Å². The highest BCUT2D eigenvalue weighted by molar-refractivity contribution is 5.93. The second kappa shape index (κ2) is 9.74. The molecule has 0 spiro atoms. The maximum Gasteiger partial charge on any atom is 0.0556 e. The van der Waals surface area contributed by atoms with Crippen LogP contribution < -0.4 is 0 Å². The van der Waals surface area contributed by atoms with E-state index in [9.17, 15) is 0 Å². The first-order valence-electron chi connectivity index (χ1n) is 18.1. The molecule has 1 aliphatic heterocycles. The first kappa shape index (κ1) is 26.7. The number of rotatable bonds is 2. The SMILES string of the molecule is CC1(C)C2CCCC=C2C2C=CC3C(C=CC4C3C3CCCC=C3N4C3=Cc4c(n(-c5ccccc5)c5ccccc45)CC3)C21. The highest BCUT2D eigenvalue weighted by atomic mass is 15.2. The van der Waals surface area contributed by atoms with Gasteiger partial charge in [-0.05, 0) is 111 Å². The molecule has 6 aliphatic carbocycles. The Hall–Kier alpha value is -3.52. The minimum atomic E-state index is 0.376. The Bertz CT molecular complexity index is 1840. The van der Waals surface area contributed by atoms with Gasteiger partial charge < -0.3 is 9.47 Å². The molecule has 1 saturated carbocycles. The monoisotopic (exact) mass is 590 g/mol. The molecule has 1 saturated heterocycles. The fraction of sp³-hybridized carbons (Fsp3) is 0.442. The van der Waals surface area contributed by atoms with Crippen molar-refractivity contribution in [2.24, 2.45) is 46.8 Å². The van der Waals surface area contributed by atoms with E-state index >= 15 is 0 Å². The summed E-state index contributed by atoms with van der Waals surface area (Å²) in [6.07, 6.45) is 29.0. The summed E-state index contributed by atoms with van der Waals surface area (Å²) < 4.78 is 2.53. The van der Waals surface area contributed by atoms with Crippen molar-refractivity contribution in [3.63, 3.8) is 0 Å². The molecule has 0 radical (unpaired) electrons. The molecule has 2 aromatic carbocycles. The zero-order chi connectivity index (χ0) is 29.9. The molecule has 7 aliphatic rings. The zero-order valence-electron chi connectivity index (χ0n) is 26.9. The molecule has 0 bridgehead atoms. The van der Waals surface area contributed by atoms with Crippen molar-refractivity contribution in [2.45, 2.75) is 71.3 Å². The van der Waals surface area contributed by atoms with Gasteiger partial charge >= 0.3 is 0 Å². The van der Waals surface area contributed by atoms with Crippen molar-refractivity contribution in [3.8, 4) is 5.69 Å². The molecular weight excluding hydrogens is 544 g/mol. The van der Waals surface area contributed by atoms with Gasteiger partial charge in [0.1, 0.15) is 0 Å². The molecular formula is C43H46N2. The van der Waals surface area contributed by atoms with Crippen LogP contribution in [0.4, 0.5) is 0 Å². The summed E-state index contributed by atoms with van der Waals surface area (Å²) in [5, 5.41) is 1.39. The Balaban J connectivity index is 1.08. The van der Waals surface area contributed by atoms with E-state index in [0.717, 1.165) is 24.7 Å². The fourth-order valence-electron chi connectivity index (χ4n) is 11.9. The van der Waals surface area contributed by atoms with Crippen LogP contribution in [0.5, 0.6) is 0 Å². The van der Waals surface area contributed by atoms with Crippen LogP contribution in [0.1, 0.15) is 70.1 Å². The topological polar surface area (TPSA) is 8.17 Å². The van der Waals surface area contributed by atoms with Crippen molar-refractivity contribution >= 4 is 17.0 Å². The Labute approximate surface area is 268 Å². The van der Waals surface area contributed by atoms with Crippen LogP contribution in [0.3, 0.4) is 0 Å². The highest BCUT2D eigenvalue weighted by Gasteiger charge is 2.60. The molecule has 0 N–H and O–H groups in total.